The lowest BCUT2D eigenvalue weighted by Gasteiger charge is -2.25. The van der Waals surface area contributed by atoms with Crippen molar-refractivity contribution >= 4 is 51.0 Å². The molecule has 0 aliphatic heterocycles. The molecule has 240 valence electrons. The van der Waals surface area contributed by atoms with Crippen molar-refractivity contribution in [2.45, 2.75) is 18.0 Å². The average molecular weight is 677 g/mol. The normalized spacial score (nSPS) is 11.7. The number of nitrogens with one attached hydrogen (secondary N) is 2. The summed E-state index contributed by atoms with van der Waals surface area (Å²) in [6, 6.07) is 19.5. The highest BCUT2D eigenvalue weighted by Gasteiger charge is 2.35. The van der Waals surface area contributed by atoms with Crippen molar-refractivity contribution in [3.63, 3.8) is 0 Å². The number of halogens is 5. The van der Waals surface area contributed by atoms with Gasteiger partial charge in [-0.05, 0) is 91.3 Å². The van der Waals surface area contributed by atoms with Gasteiger partial charge < -0.3 is 10.1 Å². The fourth-order valence-corrected chi connectivity index (χ4v) is 5.55. The molecule has 0 fully saturated rings. The molecular weight excluding hydrogens is 652 g/mol. The zero-order valence-electron chi connectivity index (χ0n) is 23.9. The summed E-state index contributed by atoms with van der Waals surface area (Å²) in [5.41, 5.74) is 2.10. The molecule has 0 radical (unpaired) electrons. The lowest BCUT2D eigenvalue weighted by molar-refractivity contribution is -0.137. The van der Waals surface area contributed by atoms with E-state index in [2.05, 4.69) is 15.8 Å². The fraction of sp³-hybridized carbons (Fsp3) is 0.129. The van der Waals surface area contributed by atoms with Crippen molar-refractivity contribution in [3.8, 4) is 5.75 Å². The molecule has 0 saturated carbocycles. The van der Waals surface area contributed by atoms with Gasteiger partial charge in [-0.25, -0.2) is 18.2 Å². The van der Waals surface area contributed by atoms with Gasteiger partial charge >= 0.3 is 6.18 Å². The third-order valence-electron chi connectivity index (χ3n) is 6.22. The van der Waals surface area contributed by atoms with Crippen molar-refractivity contribution in [2.75, 3.05) is 22.8 Å². The molecule has 0 unspecified atom stereocenters. The van der Waals surface area contributed by atoms with Gasteiger partial charge in [-0.1, -0.05) is 29.3 Å². The number of rotatable bonds is 11. The number of sulfonamides is 1. The Bertz CT molecular complexity index is 1840. The van der Waals surface area contributed by atoms with Crippen LogP contribution in [0.15, 0.2) is 101 Å². The number of aryl methyl sites for hydroxylation is 1. The maximum absolute atomic E-state index is 13.6. The van der Waals surface area contributed by atoms with Crippen LogP contribution >= 0.6 is 11.6 Å². The zero-order chi connectivity index (χ0) is 33.5. The molecule has 4 rings (SSSR count). The quantitative estimate of drug-likeness (QED) is 0.112. The minimum atomic E-state index is -4.88. The van der Waals surface area contributed by atoms with Crippen LogP contribution < -0.4 is 19.8 Å². The van der Waals surface area contributed by atoms with Crippen LogP contribution in [0, 0.1) is 12.7 Å². The van der Waals surface area contributed by atoms with Crippen molar-refractivity contribution in [2.24, 2.45) is 5.10 Å². The minimum Gasteiger partial charge on any atom is -0.484 e. The largest absolute Gasteiger partial charge is 0.484 e. The summed E-state index contributed by atoms with van der Waals surface area (Å²) in [6.45, 7) is 0.506. The number of carbonyl (C=O) groups excluding carboxylic acids is 2. The molecule has 0 spiro atoms. The third kappa shape index (κ3) is 9.05. The van der Waals surface area contributed by atoms with Gasteiger partial charge in [0, 0.05) is 5.69 Å². The summed E-state index contributed by atoms with van der Waals surface area (Å²) in [4.78, 5) is 24.6. The Morgan fingerprint density at radius 3 is 2.22 bits per heavy atom. The van der Waals surface area contributed by atoms with E-state index < -0.39 is 56.6 Å². The topological polar surface area (TPSA) is 117 Å². The molecule has 15 heteroatoms. The molecule has 4 aromatic carbocycles. The van der Waals surface area contributed by atoms with Gasteiger partial charge in [0.05, 0.1) is 27.4 Å². The standard InChI is InChI=1S/C31H25ClF4N4O5S/c1-20-2-13-26(14-3-20)46(43,44)40(24-10-15-28(32)27(16-24)31(34,35)36)18-29(41)39-37-17-21-4-11-25(12-5-21)45-19-30(42)38-23-8-6-22(33)7-9-23/h2-17H,18-19H2,1H3,(H,38,42)(H,39,41)/b37-17+. The number of hydrogen-bond donors (Lipinski definition) is 2. The van der Waals surface area contributed by atoms with Crippen LogP contribution in [0.5, 0.6) is 5.75 Å². The van der Waals surface area contributed by atoms with Crippen molar-refractivity contribution < 1.29 is 40.3 Å². The summed E-state index contributed by atoms with van der Waals surface area (Å²) in [5.74, 6) is -1.51. The molecule has 2 N–H and O–H groups in total. The highest BCUT2D eigenvalue weighted by atomic mass is 35.5. The van der Waals surface area contributed by atoms with Gasteiger partial charge in [-0.2, -0.15) is 18.3 Å². The number of alkyl halides is 3. The number of nitrogens with zero attached hydrogens (tertiary/aromatic N) is 2. The molecule has 2 amide bonds. The molecule has 0 bridgehead atoms. The molecule has 0 aliphatic carbocycles. The summed E-state index contributed by atoms with van der Waals surface area (Å²) in [6.07, 6.45) is -3.64. The maximum atomic E-state index is 13.6. The van der Waals surface area contributed by atoms with E-state index in [4.69, 9.17) is 16.3 Å². The van der Waals surface area contributed by atoms with Crippen LogP contribution in [-0.2, 0) is 25.8 Å². The van der Waals surface area contributed by atoms with Gasteiger partial charge in [-0.15, -0.1) is 0 Å². The monoisotopic (exact) mass is 676 g/mol. The van der Waals surface area contributed by atoms with Crippen LogP contribution in [0.4, 0.5) is 28.9 Å². The van der Waals surface area contributed by atoms with Gasteiger partial charge in [0.25, 0.3) is 21.8 Å². The number of hydrazone groups is 1. The Labute approximate surface area is 266 Å². The number of hydrogen-bond acceptors (Lipinski definition) is 6. The summed E-state index contributed by atoms with van der Waals surface area (Å²) >= 11 is 5.72. The number of ether oxygens (including phenoxy) is 1. The molecule has 9 nitrogen and oxygen atoms in total. The van der Waals surface area contributed by atoms with Crippen LogP contribution in [-0.4, -0.2) is 39.6 Å². The predicted molar refractivity (Wildman–Crippen MR) is 165 cm³/mol. The van der Waals surface area contributed by atoms with Crippen LogP contribution in [0.2, 0.25) is 5.02 Å². The van der Waals surface area contributed by atoms with Crippen molar-refractivity contribution in [3.05, 3.63) is 119 Å². The summed E-state index contributed by atoms with van der Waals surface area (Å²) in [5, 5.41) is 5.72. The van der Waals surface area contributed by atoms with E-state index in [1.807, 2.05) is 0 Å². The summed E-state index contributed by atoms with van der Waals surface area (Å²) in [7, 11) is -4.50. The van der Waals surface area contributed by atoms with Gasteiger partial charge in [0.1, 0.15) is 18.1 Å². The molecule has 46 heavy (non-hydrogen) atoms. The maximum Gasteiger partial charge on any atom is 0.417 e. The average Bonchev–Trinajstić information content (AvgIpc) is 3.00. The predicted octanol–water partition coefficient (Wildman–Crippen LogP) is 6.17. The minimum absolute atomic E-state index is 0.242. The third-order valence-corrected chi connectivity index (χ3v) is 8.34. The molecule has 4 aromatic rings. The molecule has 0 aliphatic rings. The molecule has 0 heterocycles. The Balaban J connectivity index is 1.42. The Morgan fingerprint density at radius 2 is 1.59 bits per heavy atom. The Hall–Kier alpha value is -4.95. The second-order valence-corrected chi connectivity index (χ2v) is 12.0. The SMILES string of the molecule is Cc1ccc(S(=O)(=O)N(CC(=O)N/N=C/c2ccc(OCC(=O)Nc3ccc(F)cc3)cc2)c2ccc(Cl)c(C(F)(F)F)c2)cc1. The first-order valence-electron chi connectivity index (χ1n) is 13.3. The van der Waals surface area contributed by atoms with E-state index in [0.717, 1.165) is 17.7 Å². The smallest absolute Gasteiger partial charge is 0.417 e. The fourth-order valence-electron chi connectivity index (χ4n) is 3.91. The van der Waals surface area contributed by atoms with Crippen LogP contribution in [0.25, 0.3) is 0 Å². The summed E-state index contributed by atoms with van der Waals surface area (Å²) < 4.78 is 86.6. The number of anilines is 2. The van der Waals surface area contributed by atoms with Crippen LogP contribution in [0.3, 0.4) is 0 Å². The van der Waals surface area contributed by atoms with E-state index in [9.17, 15) is 35.6 Å². The second kappa shape index (κ2) is 14.4. The molecular formula is C31H25ClF4N4O5S. The molecule has 0 atom stereocenters. The first kappa shape index (κ1) is 33.9. The van der Waals surface area contributed by atoms with Crippen molar-refractivity contribution in [1.82, 2.24) is 5.43 Å². The highest BCUT2D eigenvalue weighted by molar-refractivity contribution is 7.92. The van der Waals surface area contributed by atoms with Gasteiger partial charge in [0.2, 0.25) is 0 Å². The van der Waals surface area contributed by atoms with Gasteiger partial charge in [-0.3, -0.25) is 13.9 Å². The lowest BCUT2D eigenvalue weighted by atomic mass is 10.2. The molecule has 0 aromatic heterocycles. The highest BCUT2D eigenvalue weighted by Crippen LogP contribution is 2.38. The van der Waals surface area contributed by atoms with E-state index in [0.29, 0.717) is 27.4 Å². The molecule has 0 saturated heterocycles. The number of carbonyl (C=O) groups is 2. The Morgan fingerprint density at radius 1 is 0.935 bits per heavy atom. The van der Waals surface area contributed by atoms with E-state index >= 15 is 0 Å². The number of amides is 2. The zero-order valence-corrected chi connectivity index (χ0v) is 25.5. The first-order chi connectivity index (χ1) is 21.7. The second-order valence-electron chi connectivity index (χ2n) is 9.69. The van der Waals surface area contributed by atoms with E-state index in [-0.39, 0.29) is 11.5 Å². The Kier molecular flexibility index (Phi) is 10.6. The van der Waals surface area contributed by atoms with Gasteiger partial charge in [0.15, 0.2) is 6.61 Å². The van der Waals surface area contributed by atoms with Crippen LogP contribution in [0.1, 0.15) is 16.7 Å². The van der Waals surface area contributed by atoms with E-state index in [1.54, 1.807) is 19.1 Å². The lowest BCUT2D eigenvalue weighted by Crippen LogP contribution is -2.39. The van der Waals surface area contributed by atoms with Crippen molar-refractivity contribution in [1.29, 1.82) is 0 Å². The first-order valence-corrected chi connectivity index (χ1v) is 15.1. The van der Waals surface area contributed by atoms with E-state index in [1.165, 1.54) is 66.9 Å². The number of benzene rings is 4.